The summed E-state index contributed by atoms with van der Waals surface area (Å²) in [4.78, 5) is 30.2. The summed E-state index contributed by atoms with van der Waals surface area (Å²) in [6.45, 7) is 0.128. The largest absolute Gasteiger partial charge is 0.396 e. The number of carbonyl (C=O) groups excluding carboxylic acids is 2. The van der Waals surface area contributed by atoms with E-state index >= 15 is 0 Å². The zero-order valence-corrected chi connectivity index (χ0v) is 29.6. The van der Waals surface area contributed by atoms with Crippen LogP contribution in [0.15, 0.2) is 66.7 Å². The van der Waals surface area contributed by atoms with Gasteiger partial charge in [0, 0.05) is 35.1 Å². The Labute approximate surface area is 298 Å². The number of ketones is 1. The van der Waals surface area contributed by atoms with E-state index in [1.807, 2.05) is 42.5 Å². The molecule has 0 aliphatic carbocycles. The lowest BCUT2D eigenvalue weighted by atomic mass is 9.80. The Bertz CT molecular complexity index is 1360. The number of Topliss-reactive ketones (excluding diaryl/α,β-unsaturated/α-hetero) is 1. The van der Waals surface area contributed by atoms with E-state index in [4.69, 9.17) is 52.1 Å². The molecule has 0 bridgehead atoms. The highest BCUT2D eigenvalue weighted by molar-refractivity contribution is 7.99. The Balaban J connectivity index is 0.00000552. The molecule has 1 aliphatic rings. The summed E-state index contributed by atoms with van der Waals surface area (Å²) in [5, 5.41) is 20.1. The highest BCUT2D eigenvalue weighted by atomic mass is 35.5. The lowest BCUT2D eigenvalue weighted by Gasteiger charge is -2.43. The number of piperidine rings is 1. The van der Waals surface area contributed by atoms with Gasteiger partial charge >= 0.3 is 0 Å². The predicted octanol–water partition coefficient (Wildman–Crippen LogP) is 7.17. The van der Waals surface area contributed by atoms with Crippen LogP contribution in [0.2, 0.25) is 20.1 Å². The van der Waals surface area contributed by atoms with Crippen molar-refractivity contribution < 1.29 is 19.8 Å². The van der Waals surface area contributed by atoms with Crippen LogP contribution in [-0.4, -0.2) is 70.7 Å². The zero-order valence-electron chi connectivity index (χ0n) is 24.2. The van der Waals surface area contributed by atoms with Gasteiger partial charge in [0.1, 0.15) is 5.78 Å². The number of benzene rings is 3. The van der Waals surface area contributed by atoms with Crippen molar-refractivity contribution in [2.45, 2.75) is 23.0 Å². The van der Waals surface area contributed by atoms with Crippen LogP contribution in [0.1, 0.15) is 27.2 Å². The number of likely N-dealkylation sites (tertiary alicyclic amines) is 1. The summed E-state index contributed by atoms with van der Waals surface area (Å²) in [5.41, 5.74) is 8.98. The third-order valence-corrected chi connectivity index (χ3v) is 11.8. The van der Waals surface area contributed by atoms with Gasteiger partial charge in [0.2, 0.25) is 5.91 Å². The number of nitrogens with two attached hydrogens (primary N) is 1. The maximum Gasteiger partial charge on any atom is 0.239 e. The third kappa shape index (κ3) is 9.92. The molecular formula is C32H35Cl5N2O4S2. The molecule has 5 atom stereocenters. The second-order valence-electron chi connectivity index (χ2n) is 10.5. The molecule has 0 spiro atoms. The number of nitrogens with zero attached hydrogens (tertiary/aromatic N) is 1. The fraction of sp³-hybridized carbons (Fsp3) is 0.375. The van der Waals surface area contributed by atoms with Gasteiger partial charge in [-0.2, -0.15) is 23.5 Å². The van der Waals surface area contributed by atoms with Crippen LogP contribution < -0.4 is 5.73 Å². The molecular weight excluding hydrogens is 718 g/mol. The maximum absolute atomic E-state index is 14.6. The first-order valence-electron chi connectivity index (χ1n) is 14.1. The number of thioether (sulfide) groups is 2. The molecule has 244 valence electrons. The fourth-order valence-electron chi connectivity index (χ4n) is 5.49. The van der Waals surface area contributed by atoms with Crippen molar-refractivity contribution >= 4 is 94.0 Å². The van der Waals surface area contributed by atoms with E-state index in [0.29, 0.717) is 38.0 Å². The molecule has 0 saturated carbocycles. The van der Waals surface area contributed by atoms with E-state index in [1.165, 1.54) is 23.5 Å². The summed E-state index contributed by atoms with van der Waals surface area (Å²) in [6.07, 6.45) is 0.352. The molecule has 1 aliphatic heterocycles. The second-order valence-corrected chi connectivity index (χ2v) is 14.7. The molecule has 13 heteroatoms. The molecule has 0 aromatic heterocycles. The summed E-state index contributed by atoms with van der Waals surface area (Å²) in [6, 6.07) is 19.2. The van der Waals surface area contributed by atoms with Gasteiger partial charge in [0.15, 0.2) is 0 Å². The van der Waals surface area contributed by atoms with Crippen molar-refractivity contribution in [2.75, 3.05) is 37.8 Å². The molecule has 6 nitrogen and oxygen atoms in total. The normalized spacial score (nSPS) is 18.6. The Hall–Kier alpha value is -1.17. The average molecular weight is 753 g/mol. The molecule has 4 unspecified atom stereocenters. The van der Waals surface area contributed by atoms with Gasteiger partial charge in [-0.1, -0.05) is 88.9 Å². The van der Waals surface area contributed by atoms with Gasteiger partial charge in [0.05, 0.1) is 51.2 Å². The molecule has 45 heavy (non-hydrogen) atoms. The molecule has 4 rings (SSSR count). The van der Waals surface area contributed by atoms with Crippen molar-refractivity contribution in [1.29, 1.82) is 0 Å². The van der Waals surface area contributed by atoms with Crippen LogP contribution >= 0.6 is 82.3 Å². The van der Waals surface area contributed by atoms with Crippen molar-refractivity contribution in [3.05, 3.63) is 104 Å². The van der Waals surface area contributed by atoms with Crippen LogP contribution in [0.3, 0.4) is 0 Å². The van der Waals surface area contributed by atoms with Crippen molar-refractivity contribution in [3.8, 4) is 0 Å². The molecule has 4 N–H and O–H groups in total. The van der Waals surface area contributed by atoms with Gasteiger partial charge in [-0.25, -0.2) is 0 Å². The monoisotopic (exact) mass is 750 g/mol. The van der Waals surface area contributed by atoms with E-state index in [0.717, 1.165) is 16.7 Å². The van der Waals surface area contributed by atoms with Gasteiger partial charge in [-0.3, -0.25) is 9.59 Å². The number of amides is 1. The van der Waals surface area contributed by atoms with Gasteiger partial charge in [0.25, 0.3) is 0 Å². The molecule has 1 amide bonds. The zero-order chi connectivity index (χ0) is 31.8. The molecule has 1 saturated heterocycles. The second kappa shape index (κ2) is 18.4. The lowest BCUT2D eigenvalue weighted by Crippen LogP contribution is -2.55. The Morgan fingerprint density at radius 2 is 1.27 bits per heavy atom. The lowest BCUT2D eigenvalue weighted by molar-refractivity contribution is -0.141. The topological polar surface area (TPSA) is 104 Å². The number of hydrogen-bond acceptors (Lipinski definition) is 7. The maximum atomic E-state index is 14.6. The number of aliphatic hydroxyl groups excluding tert-OH is 2. The quantitative estimate of drug-likeness (QED) is 0.170. The Kier molecular flexibility index (Phi) is 15.6. The van der Waals surface area contributed by atoms with Crippen LogP contribution in [0.4, 0.5) is 0 Å². The van der Waals surface area contributed by atoms with Crippen molar-refractivity contribution in [3.63, 3.8) is 0 Å². The SMILES string of the molecule is Cl.N[C@@H](Cc1ccccc1)C(=O)N1CC(C(SCCO)c2ccc(Cl)c(Cl)c2)C(=O)C(C(SCCO)c2ccc(Cl)c(Cl)c2)C1. The van der Waals surface area contributed by atoms with Crippen molar-refractivity contribution in [1.82, 2.24) is 4.90 Å². The van der Waals surface area contributed by atoms with Gasteiger partial charge in [-0.05, 0) is 47.4 Å². The molecule has 1 fully saturated rings. The van der Waals surface area contributed by atoms with E-state index in [9.17, 15) is 19.8 Å². The summed E-state index contributed by atoms with van der Waals surface area (Å²) >= 11 is 28.1. The van der Waals surface area contributed by atoms with Crippen LogP contribution in [0.25, 0.3) is 0 Å². The minimum Gasteiger partial charge on any atom is -0.396 e. The summed E-state index contributed by atoms with van der Waals surface area (Å²) < 4.78 is 0. The standard InChI is InChI=1S/C32H34Cl4N2O4S2.ClH/c33-24-8-6-20(15-26(24)35)30(43-12-10-39)22-17-38(32(42)28(37)14-19-4-2-1-3-5-19)18-23(29(22)41)31(44-13-11-40)21-7-9-25(34)27(36)16-21;/h1-9,15-16,22-23,28,30-31,39-40H,10-14,17-18,37H2;1H/t22?,23?,28-,30?,31?;/m0./s1. The number of rotatable bonds is 13. The highest BCUT2D eigenvalue weighted by Crippen LogP contribution is 2.47. The fourth-order valence-corrected chi connectivity index (χ4v) is 8.41. The van der Waals surface area contributed by atoms with E-state index < -0.39 is 28.4 Å². The number of carbonyl (C=O) groups is 2. The number of aliphatic hydroxyl groups is 2. The van der Waals surface area contributed by atoms with E-state index in [-0.39, 0.29) is 50.4 Å². The third-order valence-electron chi connectivity index (χ3n) is 7.55. The van der Waals surface area contributed by atoms with Crippen LogP contribution in [0, 0.1) is 11.8 Å². The molecule has 0 radical (unpaired) electrons. The highest BCUT2D eigenvalue weighted by Gasteiger charge is 2.46. The smallest absolute Gasteiger partial charge is 0.239 e. The minimum absolute atomic E-state index is 0. The molecule has 3 aromatic carbocycles. The van der Waals surface area contributed by atoms with Crippen LogP contribution in [0.5, 0.6) is 0 Å². The molecule has 3 aromatic rings. The van der Waals surface area contributed by atoms with E-state index in [2.05, 4.69) is 0 Å². The first-order valence-corrected chi connectivity index (χ1v) is 17.7. The van der Waals surface area contributed by atoms with Gasteiger partial charge in [-0.15, -0.1) is 12.4 Å². The van der Waals surface area contributed by atoms with Gasteiger partial charge < -0.3 is 20.8 Å². The van der Waals surface area contributed by atoms with Crippen LogP contribution in [-0.2, 0) is 16.0 Å². The minimum atomic E-state index is -0.811. The first-order chi connectivity index (χ1) is 21.1. The number of hydrogen-bond donors (Lipinski definition) is 3. The first kappa shape index (κ1) is 38.3. The van der Waals surface area contributed by atoms with E-state index in [1.54, 1.807) is 29.2 Å². The number of halogens is 5. The van der Waals surface area contributed by atoms with Crippen molar-refractivity contribution in [2.24, 2.45) is 17.6 Å². The summed E-state index contributed by atoms with van der Waals surface area (Å²) in [5.74, 6) is -0.830. The predicted molar refractivity (Wildman–Crippen MR) is 191 cm³/mol. The average Bonchev–Trinajstić information content (AvgIpc) is 3.02. The molecule has 1 heterocycles. The Morgan fingerprint density at radius 1 is 0.800 bits per heavy atom. The Morgan fingerprint density at radius 3 is 1.69 bits per heavy atom. The summed E-state index contributed by atoms with van der Waals surface area (Å²) in [7, 11) is 0.